The molecule has 0 unspecified atom stereocenters. The molecule has 0 aliphatic heterocycles. The molecule has 0 saturated heterocycles. The molecule has 0 N–H and O–H groups in total. The molecule has 0 radical (unpaired) electrons. The largest absolute Gasteiger partial charge is 0.278 e. The molecular formula is C49H29N5. The Morgan fingerprint density at radius 2 is 0.741 bits per heavy atom. The normalized spacial score (nSPS) is 12.1. The second-order valence-electron chi connectivity index (χ2n) is 14.0. The van der Waals surface area contributed by atoms with E-state index in [0.717, 1.165) is 54.7 Å². The Kier molecular flexibility index (Phi) is 5.99. The van der Waals surface area contributed by atoms with Crippen molar-refractivity contribution in [2.45, 2.75) is 0 Å². The van der Waals surface area contributed by atoms with Crippen LogP contribution in [0.4, 0.5) is 0 Å². The minimum atomic E-state index is 0.573. The summed E-state index contributed by atoms with van der Waals surface area (Å²) in [7, 11) is 0. The fraction of sp³-hybridized carbons (Fsp3) is 0. The summed E-state index contributed by atoms with van der Waals surface area (Å²) in [6.45, 7) is 0. The molecule has 1 aliphatic rings. The standard InChI is InChI=1S/C49H29N5/c1-2-14-30(15-3-1)32-28-29-39(46-38-23-13-17-31-16-12-22-37(44(31)38)45(32)46)47-50-48(53-40-24-8-4-18-33(40)34-19-5-9-25-41(34)53)52-49(51-47)54-42-26-10-6-20-35(42)36-21-7-11-27-43(36)54/h1-29H. The van der Waals surface area contributed by atoms with Crippen LogP contribution in [0.25, 0.3) is 111 Å². The number of hydrogen-bond donors (Lipinski definition) is 0. The van der Waals surface area contributed by atoms with E-state index in [1.165, 1.54) is 38.6 Å². The topological polar surface area (TPSA) is 48.5 Å². The van der Waals surface area contributed by atoms with Gasteiger partial charge in [-0.2, -0.15) is 15.0 Å². The molecule has 0 saturated carbocycles. The van der Waals surface area contributed by atoms with Gasteiger partial charge in [0.2, 0.25) is 11.9 Å². The maximum atomic E-state index is 5.45. The van der Waals surface area contributed by atoms with E-state index in [9.17, 15) is 0 Å². The number of fused-ring (bicyclic) bond motifs is 9. The van der Waals surface area contributed by atoms with Crippen LogP contribution in [0.3, 0.4) is 0 Å². The molecule has 54 heavy (non-hydrogen) atoms. The van der Waals surface area contributed by atoms with Crippen molar-refractivity contribution in [3.8, 4) is 56.7 Å². The predicted octanol–water partition coefficient (Wildman–Crippen LogP) is 12.2. The molecule has 250 valence electrons. The van der Waals surface area contributed by atoms with Crippen molar-refractivity contribution in [3.05, 3.63) is 176 Å². The number of aromatic nitrogens is 5. The monoisotopic (exact) mass is 687 g/mol. The zero-order valence-electron chi connectivity index (χ0n) is 29.0. The van der Waals surface area contributed by atoms with E-state index in [4.69, 9.17) is 15.0 Å². The van der Waals surface area contributed by atoms with Crippen molar-refractivity contribution in [2.75, 3.05) is 0 Å². The number of nitrogens with zero attached hydrogens (tertiary/aromatic N) is 5. The summed E-state index contributed by atoms with van der Waals surface area (Å²) in [6.07, 6.45) is 0. The molecule has 8 aromatic carbocycles. The van der Waals surface area contributed by atoms with Gasteiger partial charge in [-0.3, -0.25) is 9.13 Å². The lowest BCUT2D eigenvalue weighted by atomic mass is 9.90. The third-order valence-electron chi connectivity index (χ3n) is 11.1. The third-order valence-corrected chi connectivity index (χ3v) is 11.1. The lowest BCUT2D eigenvalue weighted by molar-refractivity contribution is 0.893. The molecule has 5 nitrogen and oxygen atoms in total. The lowest BCUT2D eigenvalue weighted by Gasteiger charge is -2.17. The zero-order chi connectivity index (χ0) is 35.3. The molecule has 11 aromatic rings. The predicted molar refractivity (Wildman–Crippen MR) is 221 cm³/mol. The first-order valence-electron chi connectivity index (χ1n) is 18.3. The molecule has 12 rings (SSSR count). The van der Waals surface area contributed by atoms with Crippen molar-refractivity contribution in [3.63, 3.8) is 0 Å². The van der Waals surface area contributed by atoms with Crippen LogP contribution in [0.5, 0.6) is 0 Å². The molecule has 3 heterocycles. The highest BCUT2D eigenvalue weighted by atomic mass is 15.3. The summed E-state index contributed by atoms with van der Waals surface area (Å²) in [5.74, 6) is 1.77. The Hall–Kier alpha value is -7.37. The van der Waals surface area contributed by atoms with Gasteiger partial charge in [0.15, 0.2) is 5.82 Å². The molecule has 3 aromatic heterocycles. The second kappa shape index (κ2) is 11.1. The lowest BCUT2D eigenvalue weighted by Crippen LogP contribution is -2.10. The maximum Gasteiger partial charge on any atom is 0.240 e. The number of para-hydroxylation sites is 4. The van der Waals surface area contributed by atoms with Gasteiger partial charge in [0.1, 0.15) is 0 Å². The van der Waals surface area contributed by atoms with Gasteiger partial charge >= 0.3 is 0 Å². The highest BCUT2D eigenvalue weighted by molar-refractivity contribution is 6.21. The van der Waals surface area contributed by atoms with Gasteiger partial charge in [-0.25, -0.2) is 0 Å². The minimum absolute atomic E-state index is 0.573. The highest BCUT2D eigenvalue weighted by Crippen LogP contribution is 2.54. The third kappa shape index (κ3) is 4.01. The Morgan fingerprint density at radius 1 is 0.315 bits per heavy atom. The SMILES string of the molecule is c1ccc(-c2ccc(-c3nc(-n4c5ccccc5c5ccccc54)nc(-n4c5ccccc5c5ccccc54)n3)c3c2-c2cccc4cccc-3c24)cc1. The van der Waals surface area contributed by atoms with E-state index in [0.29, 0.717) is 17.7 Å². The molecule has 0 bridgehead atoms. The van der Waals surface area contributed by atoms with Gasteiger partial charge in [-0.1, -0.05) is 146 Å². The van der Waals surface area contributed by atoms with Crippen LogP contribution in [0.15, 0.2) is 176 Å². The number of hydrogen-bond acceptors (Lipinski definition) is 3. The average molecular weight is 688 g/mol. The average Bonchev–Trinajstić information content (AvgIpc) is 3.88. The van der Waals surface area contributed by atoms with Crippen molar-refractivity contribution in [1.82, 2.24) is 24.1 Å². The van der Waals surface area contributed by atoms with E-state index < -0.39 is 0 Å². The van der Waals surface area contributed by atoms with Crippen LogP contribution < -0.4 is 0 Å². The van der Waals surface area contributed by atoms with Crippen molar-refractivity contribution in [2.24, 2.45) is 0 Å². The fourth-order valence-corrected chi connectivity index (χ4v) is 8.91. The van der Waals surface area contributed by atoms with Crippen LogP contribution >= 0.6 is 0 Å². The maximum absolute atomic E-state index is 5.45. The number of benzene rings is 8. The molecular weight excluding hydrogens is 659 g/mol. The number of rotatable bonds is 4. The van der Waals surface area contributed by atoms with Crippen LogP contribution in [-0.2, 0) is 0 Å². The van der Waals surface area contributed by atoms with Crippen molar-refractivity contribution < 1.29 is 0 Å². The van der Waals surface area contributed by atoms with Gasteiger partial charge in [0.25, 0.3) is 0 Å². The quantitative estimate of drug-likeness (QED) is 0.185. The first-order chi connectivity index (χ1) is 26.8. The Balaban J connectivity index is 1.22. The first-order valence-corrected chi connectivity index (χ1v) is 18.3. The summed E-state index contributed by atoms with van der Waals surface area (Å²) >= 11 is 0. The van der Waals surface area contributed by atoms with Crippen molar-refractivity contribution >= 4 is 54.4 Å². The van der Waals surface area contributed by atoms with E-state index >= 15 is 0 Å². The summed E-state index contributed by atoms with van der Waals surface area (Å²) in [5.41, 5.74) is 12.3. The summed E-state index contributed by atoms with van der Waals surface area (Å²) in [6, 6.07) is 62.5. The minimum Gasteiger partial charge on any atom is -0.278 e. The van der Waals surface area contributed by atoms with E-state index in [1.807, 2.05) is 0 Å². The molecule has 0 fully saturated rings. The molecule has 5 heteroatoms. The molecule has 0 atom stereocenters. The first kappa shape index (κ1) is 29.2. The van der Waals surface area contributed by atoms with Gasteiger partial charge in [0, 0.05) is 32.7 Å². The van der Waals surface area contributed by atoms with E-state index in [2.05, 4.69) is 185 Å². The van der Waals surface area contributed by atoms with Gasteiger partial charge in [-0.15, -0.1) is 0 Å². The van der Waals surface area contributed by atoms with Gasteiger partial charge < -0.3 is 0 Å². The summed E-state index contributed by atoms with van der Waals surface area (Å²) in [5, 5.41) is 7.11. The van der Waals surface area contributed by atoms with Crippen LogP contribution in [-0.4, -0.2) is 24.1 Å². The summed E-state index contributed by atoms with van der Waals surface area (Å²) in [4.78, 5) is 16.3. The van der Waals surface area contributed by atoms with Gasteiger partial charge in [0.05, 0.1) is 22.1 Å². The summed E-state index contributed by atoms with van der Waals surface area (Å²) < 4.78 is 4.39. The highest BCUT2D eigenvalue weighted by Gasteiger charge is 2.29. The molecule has 0 spiro atoms. The van der Waals surface area contributed by atoms with Crippen LogP contribution in [0.2, 0.25) is 0 Å². The Morgan fingerprint density at radius 3 is 1.24 bits per heavy atom. The second-order valence-corrected chi connectivity index (χ2v) is 14.0. The smallest absolute Gasteiger partial charge is 0.240 e. The van der Waals surface area contributed by atoms with Crippen LogP contribution in [0, 0.1) is 0 Å². The van der Waals surface area contributed by atoms with E-state index in [-0.39, 0.29) is 0 Å². The van der Waals surface area contributed by atoms with E-state index in [1.54, 1.807) is 0 Å². The Labute approximate surface area is 310 Å². The van der Waals surface area contributed by atoms with Crippen molar-refractivity contribution in [1.29, 1.82) is 0 Å². The Bertz CT molecular complexity index is 3090. The van der Waals surface area contributed by atoms with Gasteiger partial charge in [-0.05, 0) is 68.9 Å². The van der Waals surface area contributed by atoms with Crippen LogP contribution in [0.1, 0.15) is 0 Å². The fourth-order valence-electron chi connectivity index (χ4n) is 8.91. The molecule has 1 aliphatic carbocycles. The zero-order valence-corrected chi connectivity index (χ0v) is 29.0. The molecule has 0 amide bonds.